The number of hydrogen-bond donors (Lipinski definition) is 1. The SMILES string of the molecule is CN1CC[C@@](O)(c2cn(-c3cccc(B4OC(C)(C)C(C)(C)O4)c3)cn2)C1=O. The van der Waals surface area contributed by atoms with Gasteiger partial charge in [0.25, 0.3) is 5.91 Å². The van der Waals surface area contributed by atoms with E-state index in [0.29, 0.717) is 18.7 Å². The van der Waals surface area contributed by atoms with Crippen LogP contribution >= 0.6 is 0 Å². The average Bonchev–Trinajstić information content (AvgIpc) is 3.29. The lowest BCUT2D eigenvalue weighted by atomic mass is 9.79. The average molecular weight is 383 g/mol. The minimum absolute atomic E-state index is 0.316. The van der Waals surface area contributed by atoms with E-state index in [1.807, 2.05) is 52.0 Å². The number of hydrogen-bond acceptors (Lipinski definition) is 5. The van der Waals surface area contributed by atoms with Crippen LogP contribution in [-0.4, -0.2) is 57.4 Å². The molecule has 1 aromatic heterocycles. The van der Waals surface area contributed by atoms with Gasteiger partial charge in [0.15, 0.2) is 5.60 Å². The number of likely N-dealkylation sites (tertiary alicyclic amines) is 1. The van der Waals surface area contributed by atoms with Crippen LogP contribution in [-0.2, 0) is 19.7 Å². The van der Waals surface area contributed by atoms with Crippen LogP contribution in [0, 0.1) is 0 Å². The molecule has 2 aliphatic rings. The van der Waals surface area contributed by atoms with Crippen molar-refractivity contribution < 1.29 is 19.2 Å². The Morgan fingerprint density at radius 1 is 1.18 bits per heavy atom. The molecular weight excluding hydrogens is 357 g/mol. The molecule has 0 unspecified atom stereocenters. The topological polar surface area (TPSA) is 76.8 Å². The summed E-state index contributed by atoms with van der Waals surface area (Å²) in [7, 11) is 1.23. The molecule has 2 aromatic rings. The number of nitrogens with zero attached hydrogens (tertiary/aromatic N) is 3. The third kappa shape index (κ3) is 2.87. The van der Waals surface area contributed by atoms with Gasteiger partial charge in [-0.05, 0) is 45.3 Å². The fourth-order valence-electron chi connectivity index (χ4n) is 3.58. The molecule has 1 atom stereocenters. The van der Waals surface area contributed by atoms with Crippen molar-refractivity contribution in [1.82, 2.24) is 14.5 Å². The number of amides is 1. The molecule has 2 saturated heterocycles. The second kappa shape index (κ2) is 6.17. The van der Waals surface area contributed by atoms with Crippen LogP contribution in [0.4, 0.5) is 0 Å². The molecule has 0 radical (unpaired) electrons. The Kier molecular flexibility index (Phi) is 4.23. The molecule has 0 aliphatic carbocycles. The van der Waals surface area contributed by atoms with E-state index in [4.69, 9.17) is 9.31 Å². The van der Waals surface area contributed by atoms with E-state index >= 15 is 0 Å². The fraction of sp³-hybridized carbons (Fsp3) is 0.500. The Labute approximate surface area is 165 Å². The predicted molar refractivity (Wildman–Crippen MR) is 105 cm³/mol. The molecule has 0 spiro atoms. The first kappa shape index (κ1) is 19.2. The highest BCUT2D eigenvalue weighted by molar-refractivity contribution is 6.62. The van der Waals surface area contributed by atoms with Gasteiger partial charge in [-0.25, -0.2) is 4.98 Å². The van der Waals surface area contributed by atoms with E-state index in [1.54, 1.807) is 24.1 Å². The highest BCUT2D eigenvalue weighted by atomic mass is 16.7. The van der Waals surface area contributed by atoms with Crippen molar-refractivity contribution in [3.63, 3.8) is 0 Å². The van der Waals surface area contributed by atoms with Crippen LogP contribution in [0.2, 0.25) is 0 Å². The molecule has 0 saturated carbocycles. The minimum Gasteiger partial charge on any atom is -0.399 e. The van der Waals surface area contributed by atoms with E-state index in [9.17, 15) is 9.90 Å². The zero-order chi connectivity index (χ0) is 20.3. The number of aliphatic hydroxyl groups is 1. The lowest BCUT2D eigenvalue weighted by molar-refractivity contribution is -0.143. The zero-order valence-corrected chi connectivity index (χ0v) is 17.0. The van der Waals surface area contributed by atoms with Crippen molar-refractivity contribution >= 4 is 18.5 Å². The molecule has 4 rings (SSSR count). The van der Waals surface area contributed by atoms with E-state index in [1.165, 1.54) is 4.90 Å². The lowest BCUT2D eigenvalue weighted by Gasteiger charge is -2.32. The number of imidazole rings is 1. The zero-order valence-electron chi connectivity index (χ0n) is 17.0. The molecule has 2 fully saturated rings. The Morgan fingerprint density at radius 3 is 2.46 bits per heavy atom. The molecule has 1 aromatic carbocycles. The van der Waals surface area contributed by atoms with Gasteiger partial charge in [0.05, 0.1) is 17.5 Å². The molecule has 0 bridgehead atoms. The summed E-state index contributed by atoms with van der Waals surface area (Å²) < 4.78 is 14.1. The van der Waals surface area contributed by atoms with Crippen molar-refractivity contribution in [3.05, 3.63) is 42.5 Å². The second-order valence-electron chi connectivity index (χ2n) is 8.69. The Bertz CT molecular complexity index is 910. The first-order chi connectivity index (χ1) is 13.0. The summed E-state index contributed by atoms with van der Waals surface area (Å²) in [5.41, 5.74) is -0.247. The number of rotatable bonds is 3. The van der Waals surface area contributed by atoms with Gasteiger partial charge in [0.1, 0.15) is 5.69 Å². The van der Waals surface area contributed by atoms with Gasteiger partial charge >= 0.3 is 7.12 Å². The summed E-state index contributed by atoms with van der Waals surface area (Å²) in [6.45, 7) is 8.61. The molecule has 148 valence electrons. The van der Waals surface area contributed by atoms with Crippen LogP contribution in [0.15, 0.2) is 36.8 Å². The highest BCUT2D eigenvalue weighted by Crippen LogP contribution is 2.36. The number of aromatic nitrogens is 2. The Balaban J connectivity index is 1.62. The van der Waals surface area contributed by atoms with Crippen molar-refractivity contribution in [1.29, 1.82) is 0 Å². The Morgan fingerprint density at radius 2 is 1.86 bits per heavy atom. The first-order valence-corrected chi connectivity index (χ1v) is 9.52. The molecule has 1 N–H and O–H groups in total. The monoisotopic (exact) mass is 383 g/mol. The second-order valence-corrected chi connectivity index (χ2v) is 8.69. The van der Waals surface area contributed by atoms with Crippen molar-refractivity contribution in [2.75, 3.05) is 13.6 Å². The van der Waals surface area contributed by atoms with Crippen LogP contribution in [0.5, 0.6) is 0 Å². The van der Waals surface area contributed by atoms with Gasteiger partial charge in [-0.15, -0.1) is 0 Å². The minimum atomic E-state index is -1.55. The molecule has 8 heteroatoms. The van der Waals surface area contributed by atoms with Gasteiger partial charge < -0.3 is 23.9 Å². The maximum atomic E-state index is 12.3. The maximum Gasteiger partial charge on any atom is 0.494 e. The third-order valence-electron chi connectivity index (χ3n) is 6.21. The summed E-state index contributed by atoms with van der Waals surface area (Å²) >= 11 is 0. The lowest BCUT2D eigenvalue weighted by Crippen LogP contribution is -2.41. The number of carbonyl (C=O) groups is 1. The van der Waals surface area contributed by atoms with Gasteiger partial charge in [-0.3, -0.25) is 4.79 Å². The van der Waals surface area contributed by atoms with Gasteiger partial charge in [-0.1, -0.05) is 12.1 Å². The highest BCUT2D eigenvalue weighted by Gasteiger charge is 2.51. The molecule has 2 aliphatic heterocycles. The maximum absolute atomic E-state index is 12.3. The molecule has 28 heavy (non-hydrogen) atoms. The third-order valence-corrected chi connectivity index (χ3v) is 6.21. The van der Waals surface area contributed by atoms with E-state index < -0.39 is 23.9 Å². The molecule has 7 nitrogen and oxygen atoms in total. The smallest absolute Gasteiger partial charge is 0.399 e. The van der Waals surface area contributed by atoms with Crippen molar-refractivity contribution in [2.45, 2.75) is 50.9 Å². The molecular formula is C20H26BN3O4. The van der Waals surface area contributed by atoms with Crippen LogP contribution in [0.1, 0.15) is 39.8 Å². The summed E-state index contributed by atoms with van der Waals surface area (Å²) in [5.74, 6) is -0.316. The largest absolute Gasteiger partial charge is 0.494 e. The number of benzene rings is 1. The van der Waals surface area contributed by atoms with E-state index in [0.717, 1.165) is 11.2 Å². The van der Waals surface area contributed by atoms with Gasteiger partial charge in [-0.2, -0.15) is 0 Å². The summed E-state index contributed by atoms with van der Waals surface area (Å²) in [6, 6.07) is 7.80. The summed E-state index contributed by atoms with van der Waals surface area (Å²) in [4.78, 5) is 18.2. The summed E-state index contributed by atoms with van der Waals surface area (Å²) in [5, 5.41) is 10.8. The number of likely N-dealkylation sites (N-methyl/N-ethyl adjacent to an activating group) is 1. The summed E-state index contributed by atoms with van der Waals surface area (Å²) in [6.07, 6.45) is 3.66. The Hall–Kier alpha value is -2.16. The number of carbonyl (C=O) groups excluding carboxylic acids is 1. The fourth-order valence-corrected chi connectivity index (χ4v) is 3.58. The van der Waals surface area contributed by atoms with Crippen LogP contribution in [0.25, 0.3) is 5.69 Å². The van der Waals surface area contributed by atoms with Gasteiger partial charge in [0.2, 0.25) is 0 Å². The van der Waals surface area contributed by atoms with E-state index in [2.05, 4.69) is 4.98 Å². The predicted octanol–water partition coefficient (Wildman–Crippen LogP) is 1.22. The first-order valence-electron chi connectivity index (χ1n) is 9.52. The van der Waals surface area contributed by atoms with Crippen molar-refractivity contribution in [3.8, 4) is 5.69 Å². The van der Waals surface area contributed by atoms with Crippen molar-refractivity contribution in [2.24, 2.45) is 0 Å². The molecule has 3 heterocycles. The van der Waals surface area contributed by atoms with Gasteiger partial charge in [0, 0.05) is 31.9 Å². The normalized spacial score (nSPS) is 26.3. The van der Waals surface area contributed by atoms with Crippen LogP contribution < -0.4 is 5.46 Å². The van der Waals surface area contributed by atoms with E-state index in [-0.39, 0.29) is 5.91 Å². The van der Waals surface area contributed by atoms with Crippen LogP contribution in [0.3, 0.4) is 0 Å². The standard InChI is InChI=1S/C20H26BN3O4/c1-18(2)19(3,4)28-21(27-18)14-7-6-8-15(11-14)24-12-16(22-13-24)20(26)9-10-23(5)17(20)25/h6-8,11-13,26H,9-10H2,1-5H3/t20-/m1/s1. The molecule has 1 amide bonds. The quantitative estimate of drug-likeness (QED) is 0.807.